The van der Waals surface area contributed by atoms with Crippen molar-refractivity contribution in [3.8, 4) is 33.4 Å². The second-order valence-electron chi connectivity index (χ2n) is 16.5. The second-order valence-corrected chi connectivity index (χ2v) is 16.5. The third-order valence-electron chi connectivity index (χ3n) is 13.9. The van der Waals surface area contributed by atoms with Gasteiger partial charge in [-0.1, -0.05) is 135 Å². The summed E-state index contributed by atoms with van der Waals surface area (Å²) in [4.78, 5) is 2.66. The lowest BCUT2D eigenvalue weighted by molar-refractivity contribution is -0.0399. The topological polar surface area (TPSA) is 3.24 Å². The summed E-state index contributed by atoms with van der Waals surface area (Å²) in [6.45, 7) is 4.80. The summed E-state index contributed by atoms with van der Waals surface area (Å²) >= 11 is 0. The molecule has 0 amide bonds. The number of nitrogens with zero attached hydrogens (tertiary/aromatic N) is 1. The molecular weight excluding hydrogens is 603 g/mol. The summed E-state index contributed by atoms with van der Waals surface area (Å²) in [5, 5.41) is 0. The molecule has 0 saturated heterocycles. The van der Waals surface area contributed by atoms with Crippen LogP contribution in [-0.4, -0.2) is 0 Å². The molecule has 244 valence electrons. The number of hydrogen-bond donors (Lipinski definition) is 0. The fraction of sp³-hybridized carbons (Fsp3) is 0.265. The SMILES string of the molecule is CC1(C)c2ccccc2-c2c(N(c3ccccc3-c3ccccc3)c3cccc4c3-c3ccccc3C43C4CC5CC(C4)CC3C5)cccc21. The maximum Gasteiger partial charge on any atom is 0.0543 e. The van der Waals surface area contributed by atoms with Crippen LogP contribution in [0.2, 0.25) is 0 Å². The standard InChI is InChI=1S/C49H43N/c1-48(2)39-19-9-6-17-37(39)46-41(48)21-12-24-44(46)50(43-23-11-8-16-36(43)33-14-4-3-5-15-33)45-25-13-22-42-47(45)38-18-7-10-20-40(38)49(42)34-27-31-26-32(29-34)30-35(49)28-31/h3-25,31-32,34-35H,26-30H2,1-2H3. The predicted octanol–water partition coefficient (Wildman–Crippen LogP) is 12.9. The minimum Gasteiger partial charge on any atom is -0.309 e. The van der Waals surface area contributed by atoms with E-state index in [2.05, 4.69) is 158 Å². The largest absolute Gasteiger partial charge is 0.309 e. The molecule has 0 aromatic heterocycles. The minimum atomic E-state index is -0.0811. The van der Waals surface area contributed by atoms with E-state index >= 15 is 0 Å². The zero-order valence-electron chi connectivity index (χ0n) is 29.1. The second kappa shape index (κ2) is 10.3. The lowest BCUT2D eigenvalue weighted by Crippen LogP contribution is -2.55. The van der Waals surface area contributed by atoms with Gasteiger partial charge in [0.05, 0.1) is 17.1 Å². The summed E-state index contributed by atoms with van der Waals surface area (Å²) in [6.07, 6.45) is 7.04. The Morgan fingerprint density at radius 1 is 0.420 bits per heavy atom. The molecule has 6 aromatic carbocycles. The quantitative estimate of drug-likeness (QED) is 0.184. The van der Waals surface area contributed by atoms with Crippen molar-refractivity contribution in [2.75, 3.05) is 4.90 Å². The maximum absolute atomic E-state index is 2.66. The molecule has 0 aliphatic heterocycles. The van der Waals surface area contributed by atoms with Gasteiger partial charge in [-0.3, -0.25) is 0 Å². The lowest BCUT2D eigenvalue weighted by atomic mass is 9.43. The van der Waals surface area contributed by atoms with Crippen LogP contribution in [0.3, 0.4) is 0 Å². The van der Waals surface area contributed by atoms with E-state index in [4.69, 9.17) is 0 Å². The van der Waals surface area contributed by atoms with Crippen LogP contribution in [0.15, 0.2) is 140 Å². The van der Waals surface area contributed by atoms with E-state index in [9.17, 15) is 0 Å². The zero-order chi connectivity index (χ0) is 33.2. The number of para-hydroxylation sites is 1. The van der Waals surface area contributed by atoms with Gasteiger partial charge < -0.3 is 4.90 Å². The van der Waals surface area contributed by atoms with Crippen molar-refractivity contribution in [1.29, 1.82) is 0 Å². The first kappa shape index (κ1) is 28.9. The van der Waals surface area contributed by atoms with Gasteiger partial charge >= 0.3 is 0 Å². The summed E-state index contributed by atoms with van der Waals surface area (Å²) in [5.41, 5.74) is 18.0. The van der Waals surface area contributed by atoms with Crippen molar-refractivity contribution in [1.82, 2.24) is 0 Å². The molecule has 6 aliphatic rings. The van der Waals surface area contributed by atoms with Gasteiger partial charge in [-0.25, -0.2) is 0 Å². The van der Waals surface area contributed by atoms with Crippen molar-refractivity contribution in [2.24, 2.45) is 23.7 Å². The van der Waals surface area contributed by atoms with Crippen molar-refractivity contribution in [3.63, 3.8) is 0 Å². The van der Waals surface area contributed by atoms with Crippen LogP contribution < -0.4 is 4.90 Å². The van der Waals surface area contributed by atoms with Crippen molar-refractivity contribution < 1.29 is 0 Å². The molecule has 6 aromatic rings. The molecule has 6 aliphatic carbocycles. The van der Waals surface area contributed by atoms with Gasteiger partial charge in [0.2, 0.25) is 0 Å². The first-order valence-electron chi connectivity index (χ1n) is 19.0. The van der Waals surface area contributed by atoms with Crippen LogP contribution in [0, 0.1) is 23.7 Å². The van der Waals surface area contributed by atoms with Crippen LogP contribution in [-0.2, 0) is 10.8 Å². The normalized spacial score (nSPS) is 25.6. The number of hydrogen-bond acceptors (Lipinski definition) is 1. The molecule has 12 rings (SSSR count). The van der Waals surface area contributed by atoms with Gasteiger partial charge in [-0.2, -0.15) is 0 Å². The van der Waals surface area contributed by atoms with Crippen molar-refractivity contribution in [2.45, 2.75) is 56.8 Å². The summed E-state index contributed by atoms with van der Waals surface area (Å²) in [6, 6.07) is 53.2. The average Bonchev–Trinajstić information content (AvgIpc) is 3.58. The molecule has 4 bridgehead atoms. The van der Waals surface area contributed by atoms with Gasteiger partial charge in [0.25, 0.3) is 0 Å². The van der Waals surface area contributed by atoms with E-state index in [1.807, 2.05) is 0 Å². The first-order valence-corrected chi connectivity index (χ1v) is 19.0. The van der Waals surface area contributed by atoms with Crippen molar-refractivity contribution in [3.05, 3.63) is 162 Å². The predicted molar refractivity (Wildman–Crippen MR) is 207 cm³/mol. The number of fused-ring (bicyclic) bond motifs is 6. The van der Waals surface area contributed by atoms with Gasteiger partial charge in [0.15, 0.2) is 0 Å². The Hall–Kier alpha value is -4.88. The monoisotopic (exact) mass is 645 g/mol. The smallest absolute Gasteiger partial charge is 0.0543 e. The molecule has 4 saturated carbocycles. The van der Waals surface area contributed by atoms with E-state index in [1.165, 1.54) is 93.7 Å². The molecule has 0 radical (unpaired) electrons. The molecular formula is C49H43N. The highest BCUT2D eigenvalue weighted by molar-refractivity contribution is 6.02. The molecule has 50 heavy (non-hydrogen) atoms. The van der Waals surface area contributed by atoms with Crippen LogP contribution in [0.1, 0.15) is 68.2 Å². The highest BCUT2D eigenvalue weighted by Gasteiger charge is 2.62. The van der Waals surface area contributed by atoms with Crippen LogP contribution in [0.25, 0.3) is 33.4 Å². The summed E-state index contributed by atoms with van der Waals surface area (Å²) < 4.78 is 0. The highest BCUT2D eigenvalue weighted by Crippen LogP contribution is 2.70. The highest BCUT2D eigenvalue weighted by atomic mass is 15.2. The van der Waals surface area contributed by atoms with Gasteiger partial charge in [0.1, 0.15) is 0 Å². The average molecular weight is 646 g/mol. The van der Waals surface area contributed by atoms with Crippen LogP contribution >= 0.6 is 0 Å². The zero-order valence-corrected chi connectivity index (χ0v) is 29.1. The molecule has 0 unspecified atom stereocenters. The minimum absolute atomic E-state index is 0.0811. The molecule has 1 nitrogen and oxygen atoms in total. The fourth-order valence-corrected chi connectivity index (χ4v) is 12.2. The number of anilines is 3. The fourth-order valence-electron chi connectivity index (χ4n) is 12.2. The molecule has 1 spiro atoms. The van der Waals surface area contributed by atoms with Gasteiger partial charge in [-0.15, -0.1) is 0 Å². The van der Waals surface area contributed by atoms with Crippen molar-refractivity contribution >= 4 is 17.1 Å². The van der Waals surface area contributed by atoms with Crippen LogP contribution in [0.5, 0.6) is 0 Å². The van der Waals surface area contributed by atoms with E-state index in [0.29, 0.717) is 0 Å². The lowest BCUT2D eigenvalue weighted by Gasteiger charge is -2.61. The maximum atomic E-state index is 2.66. The summed E-state index contributed by atoms with van der Waals surface area (Å²) in [7, 11) is 0. The Bertz CT molecular complexity index is 2300. The van der Waals surface area contributed by atoms with Gasteiger partial charge in [-0.05, 0) is 113 Å². The Morgan fingerprint density at radius 3 is 1.58 bits per heavy atom. The summed E-state index contributed by atoms with van der Waals surface area (Å²) in [5.74, 6) is 3.31. The molecule has 0 N–H and O–H groups in total. The Labute approximate surface area is 296 Å². The molecule has 0 heterocycles. The van der Waals surface area contributed by atoms with E-state index in [0.717, 1.165) is 23.7 Å². The van der Waals surface area contributed by atoms with E-state index < -0.39 is 0 Å². The number of rotatable bonds is 4. The number of benzene rings is 6. The molecule has 0 atom stereocenters. The third-order valence-corrected chi connectivity index (χ3v) is 13.9. The van der Waals surface area contributed by atoms with Gasteiger partial charge in [0, 0.05) is 27.5 Å². The third kappa shape index (κ3) is 3.68. The molecule has 1 heteroatoms. The Kier molecular flexibility index (Phi) is 5.97. The van der Waals surface area contributed by atoms with E-state index in [-0.39, 0.29) is 10.8 Å². The molecule has 4 fully saturated rings. The van der Waals surface area contributed by atoms with E-state index in [1.54, 1.807) is 11.1 Å². The van der Waals surface area contributed by atoms with Crippen LogP contribution in [0.4, 0.5) is 17.1 Å². The first-order chi connectivity index (χ1) is 24.5. The Balaban J connectivity index is 1.23. The Morgan fingerprint density at radius 2 is 0.900 bits per heavy atom.